The van der Waals surface area contributed by atoms with Crippen molar-refractivity contribution in [2.75, 3.05) is 37.6 Å². The van der Waals surface area contributed by atoms with E-state index in [4.69, 9.17) is 0 Å². The zero-order chi connectivity index (χ0) is 25.9. The van der Waals surface area contributed by atoms with E-state index in [9.17, 15) is 9.90 Å². The summed E-state index contributed by atoms with van der Waals surface area (Å²) in [6, 6.07) is 12.8. The molecule has 0 saturated heterocycles. The number of nitrogens with zero attached hydrogens (tertiary/aromatic N) is 3. The normalized spacial score (nSPS) is 16.2. The summed E-state index contributed by atoms with van der Waals surface area (Å²) in [5, 5.41) is 11.0. The molecule has 2 heterocycles. The van der Waals surface area contributed by atoms with Crippen LogP contribution in [0.3, 0.4) is 0 Å². The van der Waals surface area contributed by atoms with Crippen LogP contribution in [0.25, 0.3) is 22.2 Å². The van der Waals surface area contributed by atoms with Gasteiger partial charge in [-0.3, -0.25) is 0 Å². The summed E-state index contributed by atoms with van der Waals surface area (Å²) in [6.45, 7) is 13.0. The molecule has 5 rings (SSSR count). The van der Waals surface area contributed by atoms with Crippen LogP contribution in [0.5, 0.6) is 0 Å². The lowest BCUT2D eigenvalue weighted by molar-refractivity contribution is 0.0697. The van der Waals surface area contributed by atoms with Crippen LogP contribution in [0.15, 0.2) is 36.4 Å². The SMILES string of the molecule is CCN(CC)CCCCN1CCn2c(c(C3CCCCC3)c3ccc(C(=O)O)cc32)-c2ccc(C)cc21. The van der Waals surface area contributed by atoms with Gasteiger partial charge in [0.05, 0.1) is 11.3 Å². The van der Waals surface area contributed by atoms with Gasteiger partial charge in [-0.1, -0.05) is 51.3 Å². The van der Waals surface area contributed by atoms with Gasteiger partial charge in [0.1, 0.15) is 0 Å². The highest BCUT2D eigenvalue weighted by Crippen LogP contribution is 2.47. The maximum atomic E-state index is 11.9. The zero-order valence-corrected chi connectivity index (χ0v) is 22.9. The minimum Gasteiger partial charge on any atom is -0.478 e. The number of carboxylic acid groups (broad SMARTS) is 1. The highest BCUT2D eigenvalue weighted by atomic mass is 16.4. The molecule has 2 aliphatic rings. The first kappa shape index (κ1) is 25.8. The average molecular weight is 502 g/mol. The second-order valence-electron chi connectivity index (χ2n) is 11.0. The average Bonchev–Trinajstić information content (AvgIpc) is 3.15. The monoisotopic (exact) mass is 501 g/mol. The van der Waals surface area contributed by atoms with Crippen molar-refractivity contribution in [2.24, 2.45) is 0 Å². The standard InChI is InChI=1S/C32H43N3O2/c1-4-33(5-2)17-9-10-18-34-19-20-35-29-22-25(32(36)37)14-16-26(29)30(24-11-7-6-8-12-24)31(35)27-15-13-23(3)21-28(27)34/h13-16,21-22,24H,4-12,17-20H2,1-3H3,(H,36,37). The van der Waals surface area contributed by atoms with E-state index in [1.807, 2.05) is 6.07 Å². The topological polar surface area (TPSA) is 48.7 Å². The van der Waals surface area contributed by atoms with Crippen LogP contribution >= 0.6 is 0 Å². The molecule has 198 valence electrons. The Morgan fingerprint density at radius 3 is 2.51 bits per heavy atom. The predicted molar refractivity (Wildman–Crippen MR) is 154 cm³/mol. The molecule has 1 aromatic heterocycles. The third kappa shape index (κ3) is 5.16. The minimum atomic E-state index is -0.851. The van der Waals surface area contributed by atoms with Gasteiger partial charge in [-0.15, -0.1) is 0 Å². The number of carboxylic acids is 1. The molecule has 0 radical (unpaired) electrons. The Bertz CT molecular complexity index is 1250. The van der Waals surface area contributed by atoms with E-state index in [1.54, 1.807) is 6.07 Å². The third-order valence-electron chi connectivity index (χ3n) is 8.75. The lowest BCUT2D eigenvalue weighted by atomic mass is 9.81. The quantitative estimate of drug-likeness (QED) is 0.312. The Morgan fingerprint density at radius 1 is 1.00 bits per heavy atom. The first-order valence-electron chi connectivity index (χ1n) is 14.5. The Kier molecular flexibility index (Phi) is 7.89. The Balaban J connectivity index is 1.58. The lowest BCUT2D eigenvalue weighted by Gasteiger charge is -2.27. The van der Waals surface area contributed by atoms with Gasteiger partial charge in [0.25, 0.3) is 0 Å². The van der Waals surface area contributed by atoms with Crippen molar-refractivity contribution in [1.82, 2.24) is 9.47 Å². The molecule has 3 aromatic rings. The van der Waals surface area contributed by atoms with Gasteiger partial charge in [-0.25, -0.2) is 4.79 Å². The summed E-state index contributed by atoms with van der Waals surface area (Å²) < 4.78 is 2.45. The highest BCUT2D eigenvalue weighted by Gasteiger charge is 2.30. The van der Waals surface area contributed by atoms with Gasteiger partial charge in [0, 0.05) is 41.8 Å². The van der Waals surface area contributed by atoms with E-state index >= 15 is 0 Å². The zero-order valence-electron chi connectivity index (χ0n) is 22.9. The first-order valence-corrected chi connectivity index (χ1v) is 14.5. The smallest absolute Gasteiger partial charge is 0.335 e. The molecule has 0 amide bonds. The van der Waals surface area contributed by atoms with Gasteiger partial charge >= 0.3 is 5.97 Å². The van der Waals surface area contributed by atoms with Gasteiger partial charge < -0.3 is 19.5 Å². The highest BCUT2D eigenvalue weighted by molar-refractivity contribution is 5.99. The maximum Gasteiger partial charge on any atom is 0.335 e. The van der Waals surface area contributed by atoms with Crippen LogP contribution in [0.2, 0.25) is 0 Å². The third-order valence-corrected chi connectivity index (χ3v) is 8.75. The number of aryl methyl sites for hydroxylation is 1. The number of unbranched alkanes of at least 4 members (excludes halogenated alkanes) is 1. The number of benzene rings is 2. The van der Waals surface area contributed by atoms with Crippen LogP contribution in [-0.4, -0.2) is 53.3 Å². The molecular formula is C32H43N3O2. The van der Waals surface area contributed by atoms with E-state index in [1.165, 1.54) is 78.4 Å². The number of aromatic carboxylic acids is 1. The molecule has 37 heavy (non-hydrogen) atoms. The largest absolute Gasteiger partial charge is 0.478 e. The minimum absolute atomic E-state index is 0.379. The van der Waals surface area contributed by atoms with E-state index in [0.29, 0.717) is 11.5 Å². The van der Waals surface area contributed by atoms with Crippen LogP contribution in [0, 0.1) is 6.92 Å². The van der Waals surface area contributed by atoms with Crippen LogP contribution in [-0.2, 0) is 6.54 Å². The van der Waals surface area contributed by atoms with Crippen molar-refractivity contribution in [3.05, 3.63) is 53.1 Å². The Morgan fingerprint density at radius 2 is 1.78 bits per heavy atom. The summed E-state index contributed by atoms with van der Waals surface area (Å²) in [4.78, 5) is 17.0. The van der Waals surface area contributed by atoms with Crippen molar-refractivity contribution >= 4 is 22.6 Å². The van der Waals surface area contributed by atoms with E-state index in [2.05, 4.69) is 59.4 Å². The van der Waals surface area contributed by atoms with Crippen LogP contribution < -0.4 is 4.90 Å². The fourth-order valence-electron chi connectivity index (χ4n) is 6.69. The van der Waals surface area contributed by atoms with Crippen molar-refractivity contribution in [3.63, 3.8) is 0 Å². The van der Waals surface area contributed by atoms with Crippen molar-refractivity contribution < 1.29 is 9.90 Å². The summed E-state index contributed by atoms with van der Waals surface area (Å²) >= 11 is 0. The second kappa shape index (κ2) is 11.3. The molecule has 1 fully saturated rings. The van der Waals surface area contributed by atoms with E-state index < -0.39 is 5.97 Å². The number of anilines is 1. The van der Waals surface area contributed by atoms with E-state index in [-0.39, 0.29) is 0 Å². The lowest BCUT2D eigenvalue weighted by Crippen LogP contribution is -2.29. The van der Waals surface area contributed by atoms with Gasteiger partial charge in [-0.05, 0) is 87.5 Å². The number of rotatable bonds is 9. The molecule has 0 bridgehead atoms. The van der Waals surface area contributed by atoms with Gasteiger partial charge in [0.2, 0.25) is 0 Å². The molecule has 1 N–H and O–H groups in total. The number of carbonyl (C=O) groups is 1. The number of fused-ring (bicyclic) bond motifs is 5. The maximum absolute atomic E-state index is 11.9. The molecule has 5 nitrogen and oxygen atoms in total. The Labute approximate surface area is 222 Å². The molecular weight excluding hydrogens is 458 g/mol. The fourth-order valence-corrected chi connectivity index (χ4v) is 6.69. The first-order chi connectivity index (χ1) is 18.0. The molecule has 0 spiro atoms. The second-order valence-corrected chi connectivity index (χ2v) is 11.0. The summed E-state index contributed by atoms with van der Waals surface area (Å²) in [6.07, 6.45) is 8.73. The van der Waals surface area contributed by atoms with Crippen molar-refractivity contribution in [3.8, 4) is 11.3 Å². The molecule has 1 aliphatic heterocycles. The van der Waals surface area contributed by atoms with Gasteiger partial charge in [-0.2, -0.15) is 0 Å². The molecule has 2 aromatic carbocycles. The number of hydrogen-bond donors (Lipinski definition) is 1. The number of hydrogen-bond acceptors (Lipinski definition) is 3. The molecule has 5 heteroatoms. The Hall–Kier alpha value is -2.79. The van der Waals surface area contributed by atoms with Crippen LogP contribution in [0.1, 0.15) is 86.2 Å². The predicted octanol–water partition coefficient (Wildman–Crippen LogP) is 7.30. The van der Waals surface area contributed by atoms with Crippen LogP contribution in [0.4, 0.5) is 5.69 Å². The van der Waals surface area contributed by atoms with Crippen molar-refractivity contribution in [1.29, 1.82) is 0 Å². The van der Waals surface area contributed by atoms with Crippen molar-refractivity contribution in [2.45, 2.75) is 78.2 Å². The fraction of sp³-hybridized carbons (Fsp3) is 0.531. The van der Waals surface area contributed by atoms with Gasteiger partial charge in [0.15, 0.2) is 0 Å². The van der Waals surface area contributed by atoms with E-state index in [0.717, 1.165) is 44.8 Å². The summed E-state index contributed by atoms with van der Waals surface area (Å²) in [5.74, 6) is -0.311. The molecule has 1 aliphatic carbocycles. The molecule has 1 saturated carbocycles. The molecule has 0 unspecified atom stereocenters. The summed E-state index contributed by atoms with van der Waals surface area (Å²) in [5.41, 5.74) is 8.23. The molecule has 0 atom stereocenters. The number of aromatic nitrogens is 1. The summed E-state index contributed by atoms with van der Waals surface area (Å²) in [7, 11) is 0.